The quantitative estimate of drug-likeness (QED) is 0.555. The predicted molar refractivity (Wildman–Crippen MR) is 109 cm³/mol. The average molecular weight is 429 g/mol. The van der Waals surface area contributed by atoms with Gasteiger partial charge in [0.15, 0.2) is 11.5 Å². The Balaban J connectivity index is 1.89. The number of carbonyl (C=O) groups excluding carboxylic acids is 2. The van der Waals surface area contributed by atoms with Gasteiger partial charge in [0.25, 0.3) is 5.91 Å². The van der Waals surface area contributed by atoms with E-state index in [-0.39, 0.29) is 24.1 Å². The summed E-state index contributed by atoms with van der Waals surface area (Å²) in [7, 11) is 0. The highest BCUT2D eigenvalue weighted by molar-refractivity contribution is 9.10. The molecule has 27 heavy (non-hydrogen) atoms. The Bertz CT molecular complexity index is 879. The molecule has 0 bridgehead atoms. The van der Waals surface area contributed by atoms with Crippen molar-refractivity contribution in [2.45, 2.75) is 19.8 Å². The van der Waals surface area contributed by atoms with E-state index in [9.17, 15) is 9.59 Å². The lowest BCUT2D eigenvalue weighted by molar-refractivity contribution is -0.123. The molecule has 3 rings (SSSR count). The molecule has 2 aromatic rings. The largest absolute Gasteiger partial charge is 0.449 e. The number of halogens is 1. The molecule has 1 N–H and O–H groups in total. The Hall–Kier alpha value is -2.60. The van der Waals surface area contributed by atoms with Crippen molar-refractivity contribution in [3.63, 3.8) is 0 Å². The third kappa shape index (κ3) is 4.57. The first kappa shape index (κ1) is 19.2. The topological polar surface area (TPSA) is 58.6 Å². The molecule has 1 heterocycles. The number of benzene rings is 2. The zero-order chi connectivity index (χ0) is 19.2. The first-order valence-corrected chi connectivity index (χ1v) is 9.71. The van der Waals surface area contributed by atoms with Crippen LogP contribution in [0.2, 0.25) is 0 Å². The summed E-state index contributed by atoms with van der Waals surface area (Å²) in [6.07, 6.45) is 3.59. The molecule has 5 nitrogen and oxygen atoms in total. The lowest BCUT2D eigenvalue weighted by Gasteiger charge is -2.30. The Morgan fingerprint density at radius 3 is 2.70 bits per heavy atom. The molecule has 0 spiro atoms. The second-order valence-electron chi connectivity index (χ2n) is 6.19. The van der Waals surface area contributed by atoms with Crippen LogP contribution in [0.5, 0.6) is 5.75 Å². The molecule has 0 saturated heterocycles. The molecule has 0 aromatic heterocycles. The number of nitrogens with zero attached hydrogens (tertiary/aromatic N) is 1. The summed E-state index contributed by atoms with van der Waals surface area (Å²) in [4.78, 5) is 26.8. The molecule has 0 radical (unpaired) electrons. The second-order valence-corrected chi connectivity index (χ2v) is 7.05. The number of ether oxygens (including phenoxy) is 1. The van der Waals surface area contributed by atoms with Crippen LogP contribution in [0.25, 0.3) is 6.08 Å². The van der Waals surface area contributed by atoms with Crippen LogP contribution >= 0.6 is 15.9 Å². The molecule has 1 aliphatic heterocycles. The molecule has 0 atom stereocenters. The summed E-state index contributed by atoms with van der Waals surface area (Å²) in [6, 6.07) is 14.8. The van der Waals surface area contributed by atoms with Gasteiger partial charge in [0.2, 0.25) is 5.91 Å². The van der Waals surface area contributed by atoms with Crippen molar-refractivity contribution in [3.8, 4) is 5.75 Å². The lowest BCUT2D eigenvalue weighted by Crippen LogP contribution is -2.44. The summed E-state index contributed by atoms with van der Waals surface area (Å²) in [6.45, 7) is 2.62. The Morgan fingerprint density at radius 1 is 1.19 bits per heavy atom. The number of fused-ring (bicyclic) bond motifs is 1. The summed E-state index contributed by atoms with van der Waals surface area (Å²) < 4.78 is 6.69. The maximum Gasteiger partial charge on any atom is 0.294 e. The standard InChI is InChI=1S/C21H21BrN2O3/c1-2-3-12-23-20(25)14-24-17-10-6-7-11-18(17)27-19(21(24)26)13-15-8-4-5-9-16(15)22/h4-11,13H,2-3,12,14H2,1H3,(H,23,25). The molecule has 0 aliphatic carbocycles. The predicted octanol–water partition coefficient (Wildman–Crippen LogP) is 4.13. The number of para-hydroxylation sites is 2. The van der Waals surface area contributed by atoms with Gasteiger partial charge in [-0.05, 0) is 36.3 Å². The van der Waals surface area contributed by atoms with Gasteiger partial charge in [0.05, 0.1) is 5.69 Å². The van der Waals surface area contributed by atoms with Crippen LogP contribution < -0.4 is 15.0 Å². The number of unbranched alkanes of at least 4 members (excludes halogenated alkanes) is 1. The van der Waals surface area contributed by atoms with E-state index in [1.807, 2.05) is 36.4 Å². The van der Waals surface area contributed by atoms with Gasteiger partial charge in [-0.15, -0.1) is 0 Å². The molecule has 2 aromatic carbocycles. The molecule has 2 amide bonds. The maximum absolute atomic E-state index is 13.0. The minimum Gasteiger partial charge on any atom is -0.449 e. The Labute approximate surface area is 167 Å². The van der Waals surface area contributed by atoms with E-state index in [1.165, 1.54) is 4.90 Å². The van der Waals surface area contributed by atoms with Crippen molar-refractivity contribution in [1.29, 1.82) is 0 Å². The first-order chi connectivity index (χ1) is 13.1. The summed E-state index contributed by atoms with van der Waals surface area (Å²) >= 11 is 3.48. The number of hydrogen-bond acceptors (Lipinski definition) is 3. The van der Waals surface area contributed by atoms with Gasteiger partial charge in [-0.1, -0.05) is 59.6 Å². The SMILES string of the molecule is CCCCNC(=O)CN1C(=O)C(=Cc2ccccc2Br)Oc2ccccc21. The van der Waals surface area contributed by atoms with Gasteiger partial charge < -0.3 is 10.1 Å². The van der Waals surface area contributed by atoms with E-state index in [4.69, 9.17) is 4.74 Å². The smallest absolute Gasteiger partial charge is 0.294 e. The highest BCUT2D eigenvalue weighted by Crippen LogP contribution is 2.35. The van der Waals surface area contributed by atoms with Gasteiger partial charge in [-0.3, -0.25) is 14.5 Å². The number of anilines is 1. The highest BCUT2D eigenvalue weighted by Gasteiger charge is 2.31. The van der Waals surface area contributed by atoms with Gasteiger partial charge >= 0.3 is 0 Å². The minimum absolute atomic E-state index is 0.0454. The van der Waals surface area contributed by atoms with Crippen LogP contribution in [-0.2, 0) is 9.59 Å². The van der Waals surface area contributed by atoms with Crippen molar-refractivity contribution in [2.75, 3.05) is 18.0 Å². The number of nitrogens with one attached hydrogen (secondary N) is 1. The second kappa shape index (κ2) is 8.86. The van der Waals surface area contributed by atoms with Crippen molar-refractivity contribution >= 4 is 39.5 Å². The van der Waals surface area contributed by atoms with E-state index in [1.54, 1.807) is 18.2 Å². The summed E-state index contributed by atoms with van der Waals surface area (Å²) in [5.41, 5.74) is 1.42. The third-order valence-electron chi connectivity index (χ3n) is 4.18. The van der Waals surface area contributed by atoms with Gasteiger partial charge in [-0.25, -0.2) is 0 Å². The third-order valence-corrected chi connectivity index (χ3v) is 4.90. The number of amides is 2. The molecule has 1 aliphatic rings. The molecular formula is C21H21BrN2O3. The van der Waals surface area contributed by atoms with Crippen LogP contribution in [0.4, 0.5) is 5.69 Å². The van der Waals surface area contributed by atoms with Crippen LogP contribution in [0.15, 0.2) is 58.8 Å². The van der Waals surface area contributed by atoms with E-state index in [0.717, 1.165) is 22.9 Å². The van der Waals surface area contributed by atoms with E-state index in [0.29, 0.717) is 18.0 Å². The molecule has 0 unspecified atom stereocenters. The zero-order valence-electron chi connectivity index (χ0n) is 15.1. The molecule has 0 saturated carbocycles. The van der Waals surface area contributed by atoms with Crippen LogP contribution in [0, 0.1) is 0 Å². The fraction of sp³-hybridized carbons (Fsp3) is 0.238. The Morgan fingerprint density at radius 2 is 1.93 bits per heavy atom. The van der Waals surface area contributed by atoms with Gasteiger partial charge in [0, 0.05) is 11.0 Å². The fourth-order valence-electron chi connectivity index (χ4n) is 2.76. The van der Waals surface area contributed by atoms with E-state index < -0.39 is 0 Å². The maximum atomic E-state index is 13.0. The number of rotatable bonds is 6. The Kier molecular flexibility index (Phi) is 6.29. The van der Waals surface area contributed by atoms with Crippen molar-refractivity contribution < 1.29 is 14.3 Å². The highest BCUT2D eigenvalue weighted by atomic mass is 79.9. The van der Waals surface area contributed by atoms with Crippen molar-refractivity contribution in [1.82, 2.24) is 5.32 Å². The normalized spacial score (nSPS) is 14.7. The number of carbonyl (C=O) groups is 2. The average Bonchev–Trinajstić information content (AvgIpc) is 2.67. The molecule has 140 valence electrons. The monoisotopic (exact) mass is 428 g/mol. The van der Waals surface area contributed by atoms with Crippen molar-refractivity contribution in [3.05, 3.63) is 64.3 Å². The summed E-state index contributed by atoms with van der Waals surface area (Å²) in [5, 5.41) is 2.86. The fourth-order valence-corrected chi connectivity index (χ4v) is 3.16. The first-order valence-electron chi connectivity index (χ1n) is 8.92. The van der Waals surface area contributed by atoms with Crippen LogP contribution in [0.3, 0.4) is 0 Å². The van der Waals surface area contributed by atoms with Gasteiger partial charge in [0.1, 0.15) is 6.54 Å². The van der Waals surface area contributed by atoms with E-state index in [2.05, 4.69) is 28.2 Å². The zero-order valence-corrected chi connectivity index (χ0v) is 16.7. The van der Waals surface area contributed by atoms with Gasteiger partial charge in [-0.2, -0.15) is 0 Å². The lowest BCUT2D eigenvalue weighted by atomic mass is 10.1. The van der Waals surface area contributed by atoms with Crippen molar-refractivity contribution in [2.24, 2.45) is 0 Å². The van der Waals surface area contributed by atoms with Crippen LogP contribution in [-0.4, -0.2) is 24.9 Å². The molecule has 6 heteroatoms. The number of hydrogen-bond donors (Lipinski definition) is 1. The molecular weight excluding hydrogens is 408 g/mol. The molecule has 0 fully saturated rings. The van der Waals surface area contributed by atoms with Crippen LogP contribution in [0.1, 0.15) is 25.3 Å². The summed E-state index contributed by atoms with van der Waals surface area (Å²) in [5.74, 6) is 0.211. The minimum atomic E-state index is -0.338. The van der Waals surface area contributed by atoms with E-state index >= 15 is 0 Å².